The van der Waals surface area contributed by atoms with Gasteiger partial charge in [-0.05, 0) is 24.1 Å². The van der Waals surface area contributed by atoms with Gasteiger partial charge in [0.25, 0.3) is 0 Å². The molecular weight excluding hydrogens is 370 g/mol. The molecule has 1 atom stereocenters. The molecule has 0 bridgehead atoms. The van der Waals surface area contributed by atoms with Crippen LogP contribution in [0.3, 0.4) is 0 Å². The van der Waals surface area contributed by atoms with E-state index in [2.05, 4.69) is 6.58 Å². The third kappa shape index (κ3) is 3.57. The van der Waals surface area contributed by atoms with Crippen LogP contribution in [0, 0.1) is 0 Å². The Bertz CT molecular complexity index is 871. The minimum atomic E-state index is -0.694. The highest BCUT2D eigenvalue weighted by molar-refractivity contribution is 6.32. The Morgan fingerprint density at radius 1 is 1.44 bits per heavy atom. The summed E-state index contributed by atoms with van der Waals surface area (Å²) < 4.78 is 16.0. The van der Waals surface area contributed by atoms with Gasteiger partial charge in [0.15, 0.2) is 5.78 Å². The lowest BCUT2D eigenvalue weighted by Gasteiger charge is -2.32. The SMILES string of the molecule is C=CCOc1ccc([C@@H]2C(C(=O)OC)=C(N)OC3=C2C(=O)CCC3)cc1Cl. The Balaban J connectivity index is 2.12. The molecule has 0 aromatic heterocycles. The second-order valence-electron chi connectivity index (χ2n) is 6.21. The van der Waals surface area contributed by atoms with Crippen LogP contribution in [-0.2, 0) is 19.1 Å². The lowest BCUT2D eigenvalue weighted by molar-refractivity contribution is -0.136. The lowest BCUT2D eigenvalue weighted by Crippen LogP contribution is -2.31. The number of nitrogens with two attached hydrogens (primary N) is 1. The van der Waals surface area contributed by atoms with Crippen molar-refractivity contribution in [2.24, 2.45) is 5.73 Å². The zero-order valence-electron chi connectivity index (χ0n) is 14.9. The van der Waals surface area contributed by atoms with E-state index in [1.165, 1.54) is 7.11 Å². The van der Waals surface area contributed by atoms with Gasteiger partial charge in [0.05, 0.1) is 18.1 Å². The van der Waals surface area contributed by atoms with Crippen LogP contribution < -0.4 is 10.5 Å². The summed E-state index contributed by atoms with van der Waals surface area (Å²) in [6, 6.07) is 5.11. The normalized spacial score (nSPS) is 19.3. The summed E-state index contributed by atoms with van der Waals surface area (Å²) in [6.45, 7) is 3.91. The Labute approximate surface area is 162 Å². The van der Waals surface area contributed by atoms with Gasteiger partial charge in [0, 0.05) is 18.4 Å². The van der Waals surface area contributed by atoms with Crippen LogP contribution in [0.5, 0.6) is 5.75 Å². The molecule has 6 nitrogen and oxygen atoms in total. The average molecular weight is 390 g/mol. The summed E-state index contributed by atoms with van der Waals surface area (Å²) in [4.78, 5) is 25.0. The van der Waals surface area contributed by atoms with Gasteiger partial charge in [-0.3, -0.25) is 4.79 Å². The number of halogens is 1. The molecule has 1 aliphatic heterocycles. The molecule has 7 heteroatoms. The van der Waals surface area contributed by atoms with Crippen LogP contribution in [0.25, 0.3) is 0 Å². The van der Waals surface area contributed by atoms with Crippen molar-refractivity contribution in [3.8, 4) is 5.75 Å². The van der Waals surface area contributed by atoms with E-state index in [0.29, 0.717) is 53.5 Å². The molecule has 142 valence electrons. The third-order valence-corrected chi connectivity index (χ3v) is 4.83. The summed E-state index contributed by atoms with van der Waals surface area (Å²) in [7, 11) is 1.26. The quantitative estimate of drug-likeness (QED) is 0.613. The topological polar surface area (TPSA) is 87.8 Å². The lowest BCUT2D eigenvalue weighted by atomic mass is 9.77. The molecule has 3 rings (SSSR count). The minimum Gasteiger partial charge on any atom is -0.488 e. The summed E-state index contributed by atoms with van der Waals surface area (Å²) in [6.07, 6.45) is 3.27. The molecule has 1 aromatic carbocycles. The number of carbonyl (C=O) groups excluding carboxylic acids is 2. The largest absolute Gasteiger partial charge is 0.488 e. The van der Waals surface area contributed by atoms with Crippen molar-refractivity contribution in [1.29, 1.82) is 0 Å². The number of methoxy groups -OCH3 is 1. The Hall–Kier alpha value is -2.73. The van der Waals surface area contributed by atoms with E-state index in [0.717, 1.165) is 0 Å². The number of Topliss-reactive ketones (excluding diaryl/α,β-unsaturated/α-hetero) is 1. The fourth-order valence-corrected chi connectivity index (χ4v) is 3.60. The Morgan fingerprint density at radius 3 is 2.89 bits per heavy atom. The van der Waals surface area contributed by atoms with Crippen molar-refractivity contribution in [1.82, 2.24) is 0 Å². The first-order valence-electron chi connectivity index (χ1n) is 8.53. The number of allylic oxidation sites excluding steroid dienone is 2. The van der Waals surface area contributed by atoms with Crippen molar-refractivity contribution in [2.75, 3.05) is 13.7 Å². The van der Waals surface area contributed by atoms with Crippen LogP contribution in [-0.4, -0.2) is 25.5 Å². The number of hydrogen-bond donors (Lipinski definition) is 1. The van der Waals surface area contributed by atoms with E-state index < -0.39 is 11.9 Å². The minimum absolute atomic E-state index is 0.0524. The van der Waals surface area contributed by atoms with Crippen molar-refractivity contribution in [2.45, 2.75) is 25.2 Å². The smallest absolute Gasteiger partial charge is 0.340 e. The average Bonchev–Trinajstić information content (AvgIpc) is 2.65. The molecule has 0 fully saturated rings. The molecule has 0 radical (unpaired) electrons. The molecule has 2 N–H and O–H groups in total. The summed E-state index contributed by atoms with van der Waals surface area (Å²) in [5.74, 6) is -0.482. The molecule has 0 saturated carbocycles. The predicted molar refractivity (Wildman–Crippen MR) is 100 cm³/mol. The molecule has 0 saturated heterocycles. The fourth-order valence-electron chi connectivity index (χ4n) is 3.36. The maximum absolute atomic E-state index is 12.6. The Kier molecular flexibility index (Phi) is 5.56. The maximum atomic E-state index is 12.6. The number of carbonyl (C=O) groups is 2. The molecule has 1 aromatic rings. The summed E-state index contributed by atoms with van der Waals surface area (Å²) >= 11 is 6.34. The highest BCUT2D eigenvalue weighted by Crippen LogP contribution is 2.45. The van der Waals surface area contributed by atoms with Crippen molar-refractivity contribution in [3.05, 3.63) is 64.2 Å². The molecule has 0 unspecified atom stereocenters. The van der Waals surface area contributed by atoms with Gasteiger partial charge in [-0.2, -0.15) is 0 Å². The van der Waals surface area contributed by atoms with Gasteiger partial charge < -0.3 is 19.9 Å². The molecule has 27 heavy (non-hydrogen) atoms. The van der Waals surface area contributed by atoms with Gasteiger partial charge in [-0.15, -0.1) is 0 Å². The zero-order valence-corrected chi connectivity index (χ0v) is 15.7. The van der Waals surface area contributed by atoms with Gasteiger partial charge >= 0.3 is 5.97 Å². The van der Waals surface area contributed by atoms with Gasteiger partial charge in [-0.25, -0.2) is 4.79 Å². The monoisotopic (exact) mass is 389 g/mol. The van der Waals surface area contributed by atoms with Crippen LogP contribution in [0.15, 0.2) is 53.6 Å². The highest BCUT2D eigenvalue weighted by Gasteiger charge is 2.41. The first kappa shape index (κ1) is 19.0. The third-order valence-electron chi connectivity index (χ3n) is 4.54. The second kappa shape index (κ2) is 7.88. The van der Waals surface area contributed by atoms with E-state index in [4.69, 9.17) is 31.5 Å². The molecule has 2 aliphatic rings. The number of ether oxygens (including phenoxy) is 3. The molecule has 1 aliphatic carbocycles. The number of esters is 1. The van der Waals surface area contributed by atoms with Crippen LogP contribution in [0.1, 0.15) is 30.7 Å². The zero-order chi connectivity index (χ0) is 19.6. The molecule has 1 heterocycles. The van der Waals surface area contributed by atoms with E-state index >= 15 is 0 Å². The molecule has 0 spiro atoms. The van der Waals surface area contributed by atoms with E-state index in [9.17, 15) is 9.59 Å². The first-order valence-corrected chi connectivity index (χ1v) is 8.90. The summed E-state index contributed by atoms with van der Waals surface area (Å²) in [5.41, 5.74) is 7.19. The Morgan fingerprint density at radius 2 is 2.22 bits per heavy atom. The van der Waals surface area contributed by atoms with Crippen molar-refractivity contribution >= 4 is 23.4 Å². The van der Waals surface area contributed by atoms with Gasteiger partial charge in [0.1, 0.15) is 23.7 Å². The number of ketones is 1. The van der Waals surface area contributed by atoms with Crippen LogP contribution >= 0.6 is 11.6 Å². The second-order valence-corrected chi connectivity index (χ2v) is 6.61. The summed E-state index contributed by atoms with van der Waals surface area (Å²) in [5, 5.41) is 0.356. The van der Waals surface area contributed by atoms with Crippen LogP contribution in [0.4, 0.5) is 0 Å². The van der Waals surface area contributed by atoms with Crippen molar-refractivity contribution < 1.29 is 23.8 Å². The van der Waals surface area contributed by atoms with E-state index in [1.54, 1.807) is 24.3 Å². The van der Waals surface area contributed by atoms with E-state index in [-0.39, 0.29) is 17.2 Å². The standard InChI is InChI=1S/C20H20ClNO5/c1-3-9-26-14-8-7-11(10-12(14)21)16-17-13(23)5-4-6-15(17)27-19(22)18(16)20(24)25-2/h3,7-8,10,16H,1,4-6,9,22H2,2H3/t16-/m0/s1. The highest BCUT2D eigenvalue weighted by atomic mass is 35.5. The van der Waals surface area contributed by atoms with Crippen molar-refractivity contribution in [3.63, 3.8) is 0 Å². The molecular formula is C20H20ClNO5. The number of hydrogen-bond acceptors (Lipinski definition) is 6. The number of rotatable bonds is 5. The van der Waals surface area contributed by atoms with Gasteiger partial charge in [-0.1, -0.05) is 30.3 Å². The fraction of sp³-hybridized carbons (Fsp3) is 0.300. The van der Waals surface area contributed by atoms with Gasteiger partial charge in [0.2, 0.25) is 5.88 Å². The number of benzene rings is 1. The maximum Gasteiger partial charge on any atom is 0.340 e. The van der Waals surface area contributed by atoms with Crippen LogP contribution in [0.2, 0.25) is 5.02 Å². The first-order chi connectivity index (χ1) is 13.0. The molecule has 0 amide bonds. The van der Waals surface area contributed by atoms with E-state index in [1.807, 2.05) is 0 Å². The predicted octanol–water partition coefficient (Wildman–Crippen LogP) is 3.37.